The van der Waals surface area contributed by atoms with Crippen molar-refractivity contribution in [3.63, 3.8) is 0 Å². The number of benzene rings is 1. The number of amides is 1. The molecule has 3 rings (SSSR count). The molecule has 1 fully saturated rings. The highest BCUT2D eigenvalue weighted by Gasteiger charge is 2.23. The third-order valence-electron chi connectivity index (χ3n) is 4.89. The van der Waals surface area contributed by atoms with Gasteiger partial charge < -0.3 is 10.2 Å². The van der Waals surface area contributed by atoms with Crippen molar-refractivity contribution in [3.8, 4) is 0 Å². The molecule has 7 nitrogen and oxygen atoms in total. The molecular weight excluding hydrogens is 402 g/mol. The Hall–Kier alpha value is -2.75. The van der Waals surface area contributed by atoms with Crippen molar-refractivity contribution in [1.82, 2.24) is 10.3 Å². The van der Waals surface area contributed by atoms with Crippen LogP contribution in [0.4, 0.5) is 20.3 Å². The van der Waals surface area contributed by atoms with Gasteiger partial charge in [-0.15, -0.1) is 0 Å². The van der Waals surface area contributed by atoms with E-state index in [0.717, 1.165) is 44.1 Å². The van der Waals surface area contributed by atoms with E-state index in [1.807, 2.05) is 4.90 Å². The van der Waals surface area contributed by atoms with Crippen LogP contribution in [0, 0.1) is 17.6 Å². The van der Waals surface area contributed by atoms with E-state index >= 15 is 0 Å². The Morgan fingerprint density at radius 2 is 1.90 bits per heavy atom. The fraction of sp³-hybridized carbons (Fsp3) is 0.368. The third-order valence-corrected chi connectivity index (χ3v) is 6.26. The van der Waals surface area contributed by atoms with Gasteiger partial charge in [-0.1, -0.05) is 0 Å². The van der Waals surface area contributed by atoms with Gasteiger partial charge in [0.25, 0.3) is 10.0 Å². The van der Waals surface area contributed by atoms with E-state index in [4.69, 9.17) is 0 Å². The minimum absolute atomic E-state index is 0.0321. The minimum Gasteiger partial charge on any atom is -0.359 e. The first-order valence-electron chi connectivity index (χ1n) is 9.18. The number of hydrogen-bond acceptors (Lipinski definition) is 5. The molecule has 1 aromatic heterocycles. The van der Waals surface area contributed by atoms with Gasteiger partial charge in [-0.2, -0.15) is 0 Å². The summed E-state index contributed by atoms with van der Waals surface area (Å²) in [4.78, 5) is 17.7. The predicted octanol–water partition coefficient (Wildman–Crippen LogP) is 2.51. The predicted molar refractivity (Wildman–Crippen MR) is 105 cm³/mol. The molecular formula is C19H22F2N4O3S. The molecule has 0 atom stereocenters. The summed E-state index contributed by atoms with van der Waals surface area (Å²) in [7, 11) is -2.36. The van der Waals surface area contributed by atoms with Crippen LogP contribution in [0.2, 0.25) is 0 Å². The number of sulfonamides is 1. The zero-order valence-electron chi connectivity index (χ0n) is 15.9. The van der Waals surface area contributed by atoms with Gasteiger partial charge in [0.05, 0.1) is 5.69 Å². The molecule has 10 heteroatoms. The van der Waals surface area contributed by atoms with Crippen LogP contribution in [0.15, 0.2) is 41.4 Å². The van der Waals surface area contributed by atoms with Crippen LogP contribution in [0.1, 0.15) is 19.3 Å². The number of carbonyl (C=O) groups excluding carboxylic acids is 1. The molecule has 2 aromatic rings. The van der Waals surface area contributed by atoms with E-state index < -0.39 is 21.7 Å². The molecule has 0 saturated carbocycles. The SMILES string of the molecule is CNC(=O)CC1CCN(c2ccc(S(=O)(=O)Nc3ccc(F)c(F)c3)cn2)CC1. The summed E-state index contributed by atoms with van der Waals surface area (Å²) < 4.78 is 53.4. The maximum Gasteiger partial charge on any atom is 0.263 e. The molecule has 0 radical (unpaired) electrons. The highest BCUT2D eigenvalue weighted by Crippen LogP contribution is 2.25. The van der Waals surface area contributed by atoms with Gasteiger partial charge in [0.15, 0.2) is 11.6 Å². The van der Waals surface area contributed by atoms with Crippen molar-refractivity contribution in [2.24, 2.45) is 5.92 Å². The van der Waals surface area contributed by atoms with Crippen molar-refractivity contribution in [2.75, 3.05) is 29.8 Å². The Morgan fingerprint density at radius 3 is 2.48 bits per heavy atom. The van der Waals surface area contributed by atoms with Crippen LogP contribution in [-0.4, -0.2) is 39.4 Å². The minimum atomic E-state index is -3.98. The van der Waals surface area contributed by atoms with Gasteiger partial charge in [0.1, 0.15) is 10.7 Å². The fourth-order valence-corrected chi connectivity index (χ4v) is 4.22. The highest BCUT2D eigenvalue weighted by molar-refractivity contribution is 7.92. The van der Waals surface area contributed by atoms with Gasteiger partial charge in [-0.05, 0) is 43.0 Å². The van der Waals surface area contributed by atoms with E-state index in [-0.39, 0.29) is 16.5 Å². The smallest absolute Gasteiger partial charge is 0.263 e. The van der Waals surface area contributed by atoms with E-state index in [1.165, 1.54) is 12.3 Å². The number of rotatable bonds is 6. The topological polar surface area (TPSA) is 91.4 Å². The van der Waals surface area contributed by atoms with E-state index in [2.05, 4.69) is 15.0 Å². The molecule has 0 unspecified atom stereocenters. The lowest BCUT2D eigenvalue weighted by atomic mass is 9.93. The van der Waals surface area contributed by atoms with Crippen molar-refractivity contribution >= 4 is 27.4 Å². The van der Waals surface area contributed by atoms with Gasteiger partial charge in [-0.25, -0.2) is 22.2 Å². The molecule has 1 amide bonds. The van der Waals surface area contributed by atoms with Crippen molar-refractivity contribution in [1.29, 1.82) is 0 Å². The van der Waals surface area contributed by atoms with Crippen LogP contribution in [0.25, 0.3) is 0 Å². The van der Waals surface area contributed by atoms with Gasteiger partial charge >= 0.3 is 0 Å². The second-order valence-electron chi connectivity index (χ2n) is 6.89. The number of carbonyl (C=O) groups is 1. The number of piperidine rings is 1. The molecule has 1 aromatic carbocycles. The summed E-state index contributed by atoms with van der Waals surface area (Å²) >= 11 is 0. The van der Waals surface area contributed by atoms with E-state index in [9.17, 15) is 22.0 Å². The van der Waals surface area contributed by atoms with Crippen LogP contribution >= 0.6 is 0 Å². The largest absolute Gasteiger partial charge is 0.359 e. The van der Waals surface area contributed by atoms with Crippen LogP contribution in [0.3, 0.4) is 0 Å². The first-order chi connectivity index (χ1) is 13.8. The summed E-state index contributed by atoms with van der Waals surface area (Å²) in [6.07, 6.45) is 3.44. The zero-order chi connectivity index (χ0) is 21.0. The fourth-order valence-electron chi connectivity index (χ4n) is 3.22. The summed E-state index contributed by atoms with van der Waals surface area (Å²) in [6.45, 7) is 1.46. The number of pyridine rings is 1. The second-order valence-corrected chi connectivity index (χ2v) is 8.58. The monoisotopic (exact) mass is 424 g/mol. The summed E-state index contributed by atoms with van der Waals surface area (Å²) in [5.74, 6) is -1.19. The van der Waals surface area contributed by atoms with Crippen molar-refractivity contribution < 1.29 is 22.0 Å². The highest BCUT2D eigenvalue weighted by atomic mass is 32.2. The van der Waals surface area contributed by atoms with Gasteiger partial charge in [0.2, 0.25) is 5.91 Å². The molecule has 29 heavy (non-hydrogen) atoms. The average Bonchev–Trinajstić information content (AvgIpc) is 2.71. The Labute approximate surface area is 168 Å². The maximum absolute atomic E-state index is 13.3. The van der Waals surface area contributed by atoms with Crippen molar-refractivity contribution in [2.45, 2.75) is 24.2 Å². The Balaban J connectivity index is 1.63. The maximum atomic E-state index is 13.3. The lowest BCUT2D eigenvalue weighted by Crippen LogP contribution is -2.36. The van der Waals surface area contributed by atoms with E-state index in [1.54, 1.807) is 13.1 Å². The molecule has 1 aliphatic rings. The molecule has 2 N–H and O–H groups in total. The standard InChI is InChI=1S/C19H22F2N4O3S/c1-22-19(26)10-13-6-8-25(9-7-13)18-5-3-15(12-23-18)29(27,28)24-14-2-4-16(20)17(21)11-14/h2-5,11-13,24H,6-10H2,1H3,(H,22,26). The third kappa shape index (κ3) is 5.20. The van der Waals surface area contributed by atoms with Crippen molar-refractivity contribution in [3.05, 3.63) is 48.2 Å². The van der Waals surface area contributed by atoms with E-state index in [0.29, 0.717) is 18.2 Å². The van der Waals surface area contributed by atoms with Gasteiger partial charge in [-0.3, -0.25) is 9.52 Å². The molecule has 1 saturated heterocycles. The molecule has 0 aliphatic carbocycles. The number of anilines is 2. The molecule has 0 bridgehead atoms. The number of aromatic nitrogens is 1. The average molecular weight is 424 g/mol. The number of hydrogen-bond donors (Lipinski definition) is 2. The summed E-state index contributed by atoms with van der Waals surface area (Å²) in [6, 6.07) is 5.79. The second kappa shape index (κ2) is 8.73. The molecule has 0 spiro atoms. The van der Waals surface area contributed by atoms with Crippen LogP contribution < -0.4 is 14.9 Å². The molecule has 2 heterocycles. The first-order valence-corrected chi connectivity index (χ1v) is 10.7. The number of nitrogens with zero attached hydrogens (tertiary/aromatic N) is 2. The number of nitrogens with one attached hydrogen (secondary N) is 2. The Bertz CT molecular complexity index is 975. The number of halogens is 2. The first kappa shape index (κ1) is 21.0. The molecule has 1 aliphatic heterocycles. The Morgan fingerprint density at radius 1 is 1.17 bits per heavy atom. The quantitative estimate of drug-likeness (QED) is 0.744. The van der Waals surface area contributed by atoms with Crippen LogP contribution in [0.5, 0.6) is 0 Å². The summed E-state index contributed by atoms with van der Waals surface area (Å²) in [5.41, 5.74) is -0.0776. The van der Waals surface area contributed by atoms with Gasteiger partial charge in [0, 0.05) is 38.8 Å². The lowest BCUT2D eigenvalue weighted by Gasteiger charge is -2.32. The lowest BCUT2D eigenvalue weighted by molar-refractivity contribution is -0.121. The normalized spacial score (nSPS) is 15.2. The Kier molecular flexibility index (Phi) is 6.31. The zero-order valence-corrected chi connectivity index (χ0v) is 16.7. The van der Waals surface area contributed by atoms with Crippen LogP contribution in [-0.2, 0) is 14.8 Å². The summed E-state index contributed by atoms with van der Waals surface area (Å²) in [5, 5.41) is 2.63. The molecule has 156 valence electrons.